The van der Waals surface area contributed by atoms with Gasteiger partial charge in [-0.25, -0.2) is 4.68 Å². The van der Waals surface area contributed by atoms with Crippen molar-refractivity contribution in [2.24, 2.45) is 0 Å². The Morgan fingerprint density at radius 1 is 1.29 bits per heavy atom. The standard InChI is InChI=1S/C10H12N4/c1-9(7-14-8-11-12-13-14)10-5-3-2-4-6-10/h2-6,8-9H,7H2,1H3. The lowest BCUT2D eigenvalue weighted by Gasteiger charge is -2.10. The molecule has 4 heteroatoms. The third kappa shape index (κ3) is 1.96. The van der Waals surface area contributed by atoms with Crippen molar-refractivity contribution in [3.05, 3.63) is 42.2 Å². The molecule has 0 bridgehead atoms. The Bertz CT molecular complexity index is 368. The van der Waals surface area contributed by atoms with E-state index in [2.05, 4.69) is 34.6 Å². The molecule has 1 heterocycles. The number of tetrazole rings is 1. The molecule has 2 rings (SSSR count). The van der Waals surface area contributed by atoms with Gasteiger partial charge in [-0.1, -0.05) is 37.3 Å². The van der Waals surface area contributed by atoms with E-state index in [-0.39, 0.29) is 0 Å². The maximum absolute atomic E-state index is 3.84. The summed E-state index contributed by atoms with van der Waals surface area (Å²) in [6.07, 6.45) is 1.64. The lowest BCUT2D eigenvalue weighted by atomic mass is 10.0. The summed E-state index contributed by atoms with van der Waals surface area (Å²) in [5, 5.41) is 11.0. The SMILES string of the molecule is CC(Cn1cnnn1)c1ccccc1. The molecular formula is C10H12N4. The molecule has 14 heavy (non-hydrogen) atoms. The molecule has 1 atom stereocenters. The molecule has 0 fully saturated rings. The number of hydrogen-bond acceptors (Lipinski definition) is 3. The Morgan fingerprint density at radius 2 is 2.07 bits per heavy atom. The summed E-state index contributed by atoms with van der Waals surface area (Å²) in [6.45, 7) is 2.98. The van der Waals surface area contributed by atoms with Crippen LogP contribution in [0.2, 0.25) is 0 Å². The maximum atomic E-state index is 3.84. The number of aromatic nitrogens is 4. The molecule has 2 aromatic rings. The molecule has 0 N–H and O–H groups in total. The van der Waals surface area contributed by atoms with E-state index in [9.17, 15) is 0 Å². The van der Waals surface area contributed by atoms with Crippen molar-refractivity contribution in [3.8, 4) is 0 Å². The number of hydrogen-bond donors (Lipinski definition) is 0. The van der Waals surface area contributed by atoms with Gasteiger partial charge in [0.2, 0.25) is 0 Å². The van der Waals surface area contributed by atoms with Gasteiger partial charge < -0.3 is 0 Å². The van der Waals surface area contributed by atoms with Gasteiger partial charge in [0.1, 0.15) is 6.33 Å². The zero-order valence-electron chi connectivity index (χ0n) is 8.04. The second-order valence-electron chi connectivity index (χ2n) is 3.34. The van der Waals surface area contributed by atoms with Gasteiger partial charge in [-0.2, -0.15) is 0 Å². The Kier molecular flexibility index (Phi) is 2.53. The highest BCUT2D eigenvalue weighted by atomic mass is 15.5. The van der Waals surface area contributed by atoms with E-state index < -0.39 is 0 Å². The summed E-state index contributed by atoms with van der Waals surface area (Å²) in [6, 6.07) is 10.4. The van der Waals surface area contributed by atoms with Crippen LogP contribution in [0.5, 0.6) is 0 Å². The molecule has 0 saturated carbocycles. The minimum atomic E-state index is 0.430. The molecule has 0 radical (unpaired) electrons. The van der Waals surface area contributed by atoms with E-state index >= 15 is 0 Å². The van der Waals surface area contributed by atoms with E-state index in [1.165, 1.54) is 5.56 Å². The number of rotatable bonds is 3. The Labute approximate surface area is 82.6 Å². The van der Waals surface area contributed by atoms with Crippen LogP contribution in [0.4, 0.5) is 0 Å². The van der Waals surface area contributed by atoms with Crippen LogP contribution in [0.25, 0.3) is 0 Å². The third-order valence-electron chi connectivity index (χ3n) is 2.22. The molecule has 0 aliphatic rings. The van der Waals surface area contributed by atoms with Gasteiger partial charge in [0.25, 0.3) is 0 Å². The number of benzene rings is 1. The normalized spacial score (nSPS) is 12.6. The van der Waals surface area contributed by atoms with Gasteiger partial charge in [0.15, 0.2) is 0 Å². The minimum Gasteiger partial charge on any atom is -0.232 e. The molecule has 72 valence electrons. The average Bonchev–Trinajstić information content (AvgIpc) is 2.72. The van der Waals surface area contributed by atoms with E-state index in [0.717, 1.165) is 6.54 Å². The number of nitrogens with zero attached hydrogens (tertiary/aromatic N) is 4. The molecular weight excluding hydrogens is 176 g/mol. The predicted octanol–water partition coefficient (Wildman–Crippen LogP) is 1.48. The Hall–Kier alpha value is -1.71. The van der Waals surface area contributed by atoms with Crippen LogP contribution >= 0.6 is 0 Å². The van der Waals surface area contributed by atoms with Crippen LogP contribution < -0.4 is 0 Å². The van der Waals surface area contributed by atoms with Crippen LogP contribution in [0, 0.1) is 0 Å². The molecule has 1 unspecified atom stereocenters. The zero-order valence-corrected chi connectivity index (χ0v) is 8.04. The fourth-order valence-corrected chi connectivity index (χ4v) is 1.43. The van der Waals surface area contributed by atoms with E-state index in [1.807, 2.05) is 18.2 Å². The third-order valence-corrected chi connectivity index (χ3v) is 2.22. The van der Waals surface area contributed by atoms with E-state index in [1.54, 1.807) is 11.0 Å². The molecule has 0 amide bonds. The molecule has 0 aliphatic heterocycles. The van der Waals surface area contributed by atoms with Crippen molar-refractivity contribution in [2.75, 3.05) is 0 Å². The zero-order chi connectivity index (χ0) is 9.80. The first-order chi connectivity index (χ1) is 6.86. The first kappa shape index (κ1) is 8.87. The summed E-state index contributed by atoms with van der Waals surface area (Å²) >= 11 is 0. The predicted molar refractivity (Wildman–Crippen MR) is 52.7 cm³/mol. The topological polar surface area (TPSA) is 43.6 Å². The van der Waals surface area contributed by atoms with Crippen molar-refractivity contribution in [1.29, 1.82) is 0 Å². The molecule has 4 nitrogen and oxygen atoms in total. The van der Waals surface area contributed by atoms with Crippen molar-refractivity contribution >= 4 is 0 Å². The van der Waals surface area contributed by atoms with Gasteiger partial charge in [-0.15, -0.1) is 5.10 Å². The highest BCUT2D eigenvalue weighted by Gasteiger charge is 2.05. The molecule has 0 aliphatic carbocycles. The van der Waals surface area contributed by atoms with Crippen molar-refractivity contribution in [3.63, 3.8) is 0 Å². The summed E-state index contributed by atoms with van der Waals surface area (Å²) in [4.78, 5) is 0. The lowest BCUT2D eigenvalue weighted by molar-refractivity contribution is 0.527. The van der Waals surface area contributed by atoms with Gasteiger partial charge in [0, 0.05) is 5.92 Å². The van der Waals surface area contributed by atoms with Gasteiger partial charge in [-0.3, -0.25) is 0 Å². The second-order valence-corrected chi connectivity index (χ2v) is 3.34. The maximum Gasteiger partial charge on any atom is 0.138 e. The summed E-state index contributed by atoms with van der Waals surface area (Å²) < 4.78 is 1.75. The fraction of sp³-hybridized carbons (Fsp3) is 0.300. The van der Waals surface area contributed by atoms with Gasteiger partial charge in [-0.05, 0) is 16.0 Å². The summed E-state index contributed by atoms with van der Waals surface area (Å²) in [7, 11) is 0. The van der Waals surface area contributed by atoms with Crippen LogP contribution in [0.15, 0.2) is 36.7 Å². The average molecular weight is 188 g/mol. The first-order valence-electron chi connectivity index (χ1n) is 4.62. The molecule has 1 aromatic heterocycles. The lowest BCUT2D eigenvalue weighted by Crippen LogP contribution is -2.06. The van der Waals surface area contributed by atoms with E-state index in [0.29, 0.717) is 5.92 Å². The molecule has 1 aromatic carbocycles. The van der Waals surface area contributed by atoms with Gasteiger partial charge in [0.05, 0.1) is 6.54 Å². The smallest absolute Gasteiger partial charge is 0.138 e. The van der Waals surface area contributed by atoms with Crippen LogP contribution in [-0.4, -0.2) is 20.2 Å². The van der Waals surface area contributed by atoms with Crippen LogP contribution in [0.1, 0.15) is 18.4 Å². The quantitative estimate of drug-likeness (QED) is 0.732. The first-order valence-corrected chi connectivity index (χ1v) is 4.62. The highest BCUT2D eigenvalue weighted by Crippen LogP contribution is 2.15. The molecule has 0 spiro atoms. The van der Waals surface area contributed by atoms with Crippen molar-refractivity contribution in [1.82, 2.24) is 20.2 Å². The van der Waals surface area contributed by atoms with Crippen molar-refractivity contribution in [2.45, 2.75) is 19.4 Å². The summed E-state index contributed by atoms with van der Waals surface area (Å²) in [5.41, 5.74) is 1.31. The highest BCUT2D eigenvalue weighted by molar-refractivity contribution is 5.18. The monoisotopic (exact) mass is 188 g/mol. The van der Waals surface area contributed by atoms with Gasteiger partial charge >= 0.3 is 0 Å². The Balaban J connectivity index is 2.07. The van der Waals surface area contributed by atoms with Crippen molar-refractivity contribution < 1.29 is 0 Å². The van der Waals surface area contributed by atoms with Crippen LogP contribution in [-0.2, 0) is 6.54 Å². The molecule has 0 saturated heterocycles. The van der Waals surface area contributed by atoms with E-state index in [4.69, 9.17) is 0 Å². The largest absolute Gasteiger partial charge is 0.232 e. The Morgan fingerprint density at radius 3 is 2.71 bits per heavy atom. The second kappa shape index (κ2) is 4.00. The fourth-order valence-electron chi connectivity index (χ4n) is 1.43. The minimum absolute atomic E-state index is 0.430. The van der Waals surface area contributed by atoms with Crippen LogP contribution in [0.3, 0.4) is 0 Å². The summed E-state index contributed by atoms with van der Waals surface area (Å²) in [5.74, 6) is 0.430.